The van der Waals surface area contributed by atoms with Crippen LogP contribution in [0, 0.1) is 5.82 Å². The highest BCUT2D eigenvalue weighted by molar-refractivity contribution is 7.98. The van der Waals surface area contributed by atoms with E-state index in [0.29, 0.717) is 32.8 Å². The second kappa shape index (κ2) is 8.64. The number of nitrogens with zero attached hydrogens (tertiary/aromatic N) is 3. The number of aromatic nitrogens is 3. The number of hydrogen-bond donors (Lipinski definition) is 2. The number of hydrogen-bond acceptors (Lipinski definition) is 7. The van der Waals surface area contributed by atoms with Crippen molar-refractivity contribution < 1.29 is 14.2 Å². The van der Waals surface area contributed by atoms with Gasteiger partial charge >= 0.3 is 0 Å². The maximum absolute atomic E-state index is 14.0. The molecule has 6 nitrogen and oxygen atoms in total. The van der Waals surface area contributed by atoms with Gasteiger partial charge in [0.05, 0.1) is 0 Å². The number of aromatic hydroxyl groups is 1. The number of benzene rings is 3. The van der Waals surface area contributed by atoms with Crippen LogP contribution in [0.15, 0.2) is 71.9 Å². The van der Waals surface area contributed by atoms with E-state index < -0.39 is 6.23 Å². The van der Waals surface area contributed by atoms with Gasteiger partial charge in [0, 0.05) is 27.6 Å². The van der Waals surface area contributed by atoms with Crippen LogP contribution in [0.3, 0.4) is 0 Å². The number of fused-ring (bicyclic) bond motifs is 3. The van der Waals surface area contributed by atoms with Crippen LogP contribution in [0.5, 0.6) is 11.6 Å². The summed E-state index contributed by atoms with van der Waals surface area (Å²) in [6, 6.07) is 18.8. The largest absolute Gasteiger partial charge is 0.508 e. The van der Waals surface area contributed by atoms with E-state index in [2.05, 4.69) is 20.5 Å². The van der Waals surface area contributed by atoms with Gasteiger partial charge in [0.25, 0.3) is 0 Å². The minimum absolute atomic E-state index is 0.0644. The summed E-state index contributed by atoms with van der Waals surface area (Å²) < 4.78 is 20.1. The second-order valence-corrected chi connectivity index (χ2v) is 8.37. The fourth-order valence-corrected chi connectivity index (χ4v) is 4.32. The normalized spacial score (nSPS) is 14.5. The summed E-state index contributed by atoms with van der Waals surface area (Å²) in [4.78, 5) is 4.54. The SMILES string of the molecule is Oc1ccc(Cl)c([C@H]2Nc3ccccc3-c3nnc(SCc4ccccc4F)nc3O2)c1. The van der Waals surface area contributed by atoms with Gasteiger partial charge in [-0.1, -0.05) is 59.8 Å². The maximum atomic E-state index is 14.0. The van der Waals surface area contributed by atoms with Crippen molar-refractivity contribution in [2.24, 2.45) is 0 Å². The molecule has 0 saturated carbocycles. The molecule has 0 unspecified atom stereocenters. The minimum Gasteiger partial charge on any atom is -0.508 e. The van der Waals surface area contributed by atoms with Crippen LogP contribution in [-0.2, 0) is 5.75 Å². The zero-order valence-corrected chi connectivity index (χ0v) is 18.1. The second-order valence-electron chi connectivity index (χ2n) is 7.02. The molecule has 160 valence electrons. The molecule has 2 heterocycles. The summed E-state index contributed by atoms with van der Waals surface area (Å²) in [6.45, 7) is 0. The van der Waals surface area contributed by atoms with E-state index in [4.69, 9.17) is 16.3 Å². The Morgan fingerprint density at radius 2 is 1.88 bits per heavy atom. The molecule has 5 rings (SSSR count). The van der Waals surface area contributed by atoms with Crippen molar-refractivity contribution in [3.63, 3.8) is 0 Å². The topological polar surface area (TPSA) is 80.2 Å². The van der Waals surface area contributed by atoms with E-state index in [-0.39, 0.29) is 17.4 Å². The third-order valence-electron chi connectivity index (χ3n) is 4.91. The molecule has 4 aromatic rings. The van der Waals surface area contributed by atoms with Gasteiger partial charge in [0.2, 0.25) is 11.0 Å². The van der Waals surface area contributed by atoms with Crippen LogP contribution < -0.4 is 10.1 Å². The lowest BCUT2D eigenvalue weighted by molar-refractivity contribution is 0.225. The molecule has 9 heteroatoms. The van der Waals surface area contributed by atoms with Gasteiger partial charge in [-0.05, 0) is 35.9 Å². The van der Waals surface area contributed by atoms with Crippen LogP contribution in [0.25, 0.3) is 11.3 Å². The molecule has 1 atom stereocenters. The first kappa shape index (κ1) is 20.5. The first-order valence-electron chi connectivity index (χ1n) is 9.70. The number of phenols is 1. The number of halogens is 2. The Bertz CT molecular complexity index is 1310. The number of anilines is 1. The van der Waals surface area contributed by atoms with Crippen molar-refractivity contribution in [1.29, 1.82) is 0 Å². The summed E-state index contributed by atoms with van der Waals surface area (Å²) in [5.74, 6) is 0.396. The van der Waals surface area contributed by atoms with Crippen molar-refractivity contribution in [3.05, 3.63) is 88.7 Å². The van der Waals surface area contributed by atoms with Crippen LogP contribution in [-0.4, -0.2) is 20.3 Å². The van der Waals surface area contributed by atoms with Crippen LogP contribution in [0.1, 0.15) is 17.4 Å². The predicted octanol–water partition coefficient (Wildman–Crippen LogP) is 5.83. The van der Waals surface area contributed by atoms with Gasteiger partial charge in [-0.3, -0.25) is 0 Å². The fraction of sp³-hybridized carbons (Fsp3) is 0.0870. The van der Waals surface area contributed by atoms with Crippen molar-refractivity contribution in [2.45, 2.75) is 17.1 Å². The van der Waals surface area contributed by atoms with Crippen molar-refractivity contribution in [2.75, 3.05) is 5.32 Å². The molecule has 1 aliphatic heterocycles. The molecule has 0 bridgehead atoms. The Kier molecular flexibility index (Phi) is 5.55. The number of thioether (sulfide) groups is 1. The van der Waals surface area contributed by atoms with Gasteiger partial charge in [-0.15, -0.1) is 10.2 Å². The first-order chi connectivity index (χ1) is 15.6. The Hall–Kier alpha value is -3.36. The van der Waals surface area contributed by atoms with E-state index in [9.17, 15) is 9.50 Å². The number of phenolic OH excluding ortho intramolecular Hbond substituents is 1. The van der Waals surface area contributed by atoms with Crippen LogP contribution >= 0.6 is 23.4 Å². The fourth-order valence-electron chi connectivity index (χ4n) is 3.34. The van der Waals surface area contributed by atoms with Crippen molar-refractivity contribution in [3.8, 4) is 22.9 Å². The van der Waals surface area contributed by atoms with Crippen LogP contribution in [0.2, 0.25) is 5.02 Å². The van der Waals surface area contributed by atoms with Crippen molar-refractivity contribution in [1.82, 2.24) is 15.2 Å². The molecule has 1 aliphatic rings. The summed E-state index contributed by atoms with van der Waals surface area (Å²) in [5.41, 5.74) is 3.11. The monoisotopic (exact) mass is 466 g/mol. The molecule has 32 heavy (non-hydrogen) atoms. The summed E-state index contributed by atoms with van der Waals surface area (Å²) in [7, 11) is 0. The zero-order chi connectivity index (χ0) is 22.1. The highest BCUT2D eigenvalue weighted by atomic mass is 35.5. The van der Waals surface area contributed by atoms with Crippen LogP contribution in [0.4, 0.5) is 10.1 Å². The molecule has 0 amide bonds. The van der Waals surface area contributed by atoms with E-state index in [1.807, 2.05) is 24.3 Å². The van der Waals surface area contributed by atoms with E-state index in [1.165, 1.54) is 30.0 Å². The lowest BCUT2D eigenvalue weighted by atomic mass is 10.1. The zero-order valence-electron chi connectivity index (χ0n) is 16.5. The standard InChI is InChI=1S/C23H16ClFN4O2S/c24-17-10-9-14(30)11-16(17)21-26-19-8-4-2-6-15(19)20-22(31-21)27-23(29-28-20)32-12-13-5-1-3-7-18(13)25/h1-11,21,26,30H,12H2/t21-/m0/s1. The average Bonchev–Trinajstić information content (AvgIpc) is 2.96. The maximum Gasteiger partial charge on any atom is 0.247 e. The Balaban J connectivity index is 1.52. The molecule has 2 N–H and O–H groups in total. The lowest BCUT2D eigenvalue weighted by Crippen LogP contribution is -2.17. The van der Waals surface area contributed by atoms with E-state index in [1.54, 1.807) is 24.3 Å². The van der Waals surface area contributed by atoms with E-state index in [0.717, 1.165) is 11.3 Å². The Morgan fingerprint density at radius 1 is 1.06 bits per heavy atom. The quantitative estimate of drug-likeness (QED) is 0.366. The van der Waals surface area contributed by atoms with Gasteiger partial charge in [-0.2, -0.15) is 4.98 Å². The van der Waals surface area contributed by atoms with Gasteiger partial charge in [0.1, 0.15) is 11.6 Å². The van der Waals surface area contributed by atoms with E-state index >= 15 is 0 Å². The average molecular weight is 467 g/mol. The highest BCUT2D eigenvalue weighted by Crippen LogP contribution is 2.41. The third-order valence-corrected chi connectivity index (χ3v) is 6.14. The summed E-state index contributed by atoms with van der Waals surface area (Å²) in [5, 5.41) is 22.6. The van der Waals surface area contributed by atoms with Gasteiger partial charge in [0.15, 0.2) is 11.9 Å². The number of nitrogens with one attached hydrogen (secondary N) is 1. The molecular formula is C23H16ClFN4O2S. The molecule has 0 saturated heterocycles. The summed E-state index contributed by atoms with van der Waals surface area (Å²) >= 11 is 7.64. The predicted molar refractivity (Wildman–Crippen MR) is 121 cm³/mol. The third kappa shape index (κ3) is 4.06. The first-order valence-corrected chi connectivity index (χ1v) is 11.1. The molecule has 0 aliphatic carbocycles. The molecule has 3 aromatic carbocycles. The smallest absolute Gasteiger partial charge is 0.247 e. The van der Waals surface area contributed by atoms with Crippen molar-refractivity contribution >= 4 is 29.1 Å². The Labute approximate surface area is 192 Å². The lowest BCUT2D eigenvalue weighted by Gasteiger charge is -2.20. The molecule has 1 aromatic heterocycles. The Morgan fingerprint density at radius 3 is 2.75 bits per heavy atom. The molecule has 0 radical (unpaired) electrons. The highest BCUT2D eigenvalue weighted by Gasteiger charge is 2.27. The summed E-state index contributed by atoms with van der Waals surface area (Å²) in [6.07, 6.45) is -0.724. The number of para-hydroxylation sites is 1. The van der Waals surface area contributed by atoms with Gasteiger partial charge in [-0.25, -0.2) is 4.39 Å². The molecular weight excluding hydrogens is 451 g/mol. The molecule has 0 fully saturated rings. The molecule has 0 spiro atoms. The number of rotatable bonds is 4. The minimum atomic E-state index is -0.724. The number of ether oxygens (including phenoxy) is 1. The van der Waals surface area contributed by atoms with Gasteiger partial charge < -0.3 is 15.2 Å².